The van der Waals surface area contributed by atoms with E-state index in [2.05, 4.69) is 11.9 Å². The van der Waals surface area contributed by atoms with Crippen molar-refractivity contribution in [3.63, 3.8) is 0 Å². The van der Waals surface area contributed by atoms with Crippen molar-refractivity contribution in [3.8, 4) is 0 Å². The number of allylic oxidation sites excluding steroid dienone is 1. The van der Waals surface area contributed by atoms with Gasteiger partial charge in [-0.1, -0.05) is 24.8 Å². The first-order chi connectivity index (χ1) is 14.2. The van der Waals surface area contributed by atoms with Gasteiger partial charge in [0.15, 0.2) is 0 Å². The van der Waals surface area contributed by atoms with Gasteiger partial charge < -0.3 is 15.0 Å². The summed E-state index contributed by atoms with van der Waals surface area (Å²) in [6.45, 7) is 5.37. The van der Waals surface area contributed by atoms with Crippen molar-refractivity contribution < 1.29 is 9.53 Å². The van der Waals surface area contributed by atoms with E-state index < -0.39 is 23.1 Å². The molecule has 1 aromatic heterocycles. The van der Waals surface area contributed by atoms with E-state index in [0.29, 0.717) is 22.7 Å². The third kappa shape index (κ3) is 3.45. The molecule has 1 aliphatic rings. The van der Waals surface area contributed by atoms with E-state index in [1.165, 1.54) is 17.7 Å². The Balaban J connectivity index is 2.30. The first-order valence-corrected chi connectivity index (χ1v) is 9.52. The van der Waals surface area contributed by atoms with Gasteiger partial charge in [0, 0.05) is 39.6 Å². The number of aromatic nitrogens is 2. The highest BCUT2D eigenvalue weighted by Gasteiger charge is 2.37. The van der Waals surface area contributed by atoms with E-state index in [9.17, 15) is 14.4 Å². The normalized spacial score (nSPS) is 15.3. The Hall–Kier alpha value is -3.55. The summed E-state index contributed by atoms with van der Waals surface area (Å²) in [7, 11) is 6.89. The molecular weight excluding hydrogens is 384 g/mol. The van der Waals surface area contributed by atoms with E-state index in [4.69, 9.17) is 4.74 Å². The van der Waals surface area contributed by atoms with Crippen LogP contribution in [-0.2, 0) is 23.6 Å². The smallest absolute Gasteiger partial charge is 0.337 e. The summed E-state index contributed by atoms with van der Waals surface area (Å²) in [5, 5.41) is 3.07. The van der Waals surface area contributed by atoms with E-state index in [-0.39, 0.29) is 6.61 Å². The monoisotopic (exact) mass is 410 g/mol. The van der Waals surface area contributed by atoms with Gasteiger partial charge in [0.2, 0.25) is 0 Å². The number of ether oxygens (including phenoxy) is 1. The molecule has 0 amide bonds. The summed E-state index contributed by atoms with van der Waals surface area (Å²) >= 11 is 0. The lowest BCUT2D eigenvalue weighted by atomic mass is 9.82. The second kappa shape index (κ2) is 8.06. The summed E-state index contributed by atoms with van der Waals surface area (Å²) in [4.78, 5) is 40.5. The number of hydrogen-bond acceptors (Lipinski definition) is 6. The standard InChI is InChI=1S/C22H26N4O4/c1-7-12-30-21(28)16-13(2)23-19-18(20(27)26(6)22(29)25(19)5)17(16)14-8-10-15(11-9-14)24(3)4/h7-11,17,23H,1,12H2,2-6H3/t17-/m0/s1. The summed E-state index contributed by atoms with van der Waals surface area (Å²) in [5.41, 5.74) is 2.02. The van der Waals surface area contributed by atoms with Gasteiger partial charge in [0.05, 0.1) is 17.1 Å². The molecular formula is C22H26N4O4. The van der Waals surface area contributed by atoms with Gasteiger partial charge in [-0.05, 0) is 24.6 Å². The average Bonchev–Trinajstić information content (AvgIpc) is 2.73. The Bertz CT molecular complexity index is 1150. The van der Waals surface area contributed by atoms with Crippen molar-refractivity contribution in [2.24, 2.45) is 14.1 Å². The number of carbonyl (C=O) groups excluding carboxylic acids is 1. The zero-order valence-corrected chi connectivity index (χ0v) is 17.9. The summed E-state index contributed by atoms with van der Waals surface area (Å²) < 4.78 is 7.75. The highest BCUT2D eigenvalue weighted by molar-refractivity contribution is 5.94. The molecule has 8 heteroatoms. The SMILES string of the molecule is C=CCOC(=O)C1=C(C)Nc2c(c(=O)n(C)c(=O)n2C)[C@H]1c1ccc(N(C)C)cc1. The maximum atomic E-state index is 13.1. The summed E-state index contributed by atoms with van der Waals surface area (Å²) in [6, 6.07) is 7.61. The topological polar surface area (TPSA) is 85.6 Å². The minimum atomic E-state index is -0.680. The lowest BCUT2D eigenvalue weighted by Gasteiger charge is -2.31. The number of anilines is 2. The van der Waals surface area contributed by atoms with Crippen LogP contribution in [0.2, 0.25) is 0 Å². The molecule has 158 valence electrons. The van der Waals surface area contributed by atoms with Gasteiger partial charge in [0.1, 0.15) is 12.4 Å². The number of rotatable bonds is 5. The van der Waals surface area contributed by atoms with Crippen LogP contribution in [-0.4, -0.2) is 35.8 Å². The first-order valence-electron chi connectivity index (χ1n) is 9.52. The minimum Gasteiger partial charge on any atom is -0.458 e. The van der Waals surface area contributed by atoms with Gasteiger partial charge in [-0.3, -0.25) is 13.9 Å². The Morgan fingerprint density at radius 1 is 1.20 bits per heavy atom. The highest BCUT2D eigenvalue weighted by atomic mass is 16.5. The Morgan fingerprint density at radius 2 is 1.83 bits per heavy atom. The Morgan fingerprint density at radius 3 is 2.40 bits per heavy atom. The van der Waals surface area contributed by atoms with Crippen LogP contribution in [0.1, 0.15) is 24.0 Å². The van der Waals surface area contributed by atoms with Crippen LogP contribution < -0.4 is 21.5 Å². The van der Waals surface area contributed by atoms with E-state index in [1.807, 2.05) is 43.3 Å². The average molecular weight is 410 g/mol. The number of carbonyl (C=O) groups is 1. The van der Waals surface area contributed by atoms with Crippen LogP contribution in [0.4, 0.5) is 11.5 Å². The molecule has 0 aliphatic carbocycles. The fourth-order valence-electron chi connectivity index (χ4n) is 3.67. The molecule has 0 spiro atoms. The van der Waals surface area contributed by atoms with Crippen LogP contribution in [0.5, 0.6) is 0 Å². The lowest BCUT2D eigenvalue weighted by Crippen LogP contribution is -2.43. The van der Waals surface area contributed by atoms with E-state index in [1.54, 1.807) is 14.0 Å². The number of benzene rings is 1. The predicted octanol–water partition coefficient (Wildman–Crippen LogP) is 1.71. The van der Waals surface area contributed by atoms with Crippen molar-refractivity contribution in [2.45, 2.75) is 12.8 Å². The Kier molecular flexibility index (Phi) is 5.69. The molecule has 0 saturated heterocycles. The quantitative estimate of drug-likeness (QED) is 0.597. The second-order valence-electron chi connectivity index (χ2n) is 7.44. The maximum Gasteiger partial charge on any atom is 0.337 e. The van der Waals surface area contributed by atoms with Crippen molar-refractivity contribution in [2.75, 3.05) is 30.9 Å². The van der Waals surface area contributed by atoms with Crippen LogP contribution in [0, 0.1) is 0 Å². The number of fused-ring (bicyclic) bond motifs is 1. The molecule has 0 radical (unpaired) electrons. The zero-order chi connectivity index (χ0) is 22.2. The van der Waals surface area contributed by atoms with Gasteiger partial charge in [-0.2, -0.15) is 0 Å². The largest absolute Gasteiger partial charge is 0.458 e. The number of hydrogen-bond donors (Lipinski definition) is 1. The second-order valence-corrected chi connectivity index (χ2v) is 7.44. The van der Waals surface area contributed by atoms with Crippen molar-refractivity contribution in [1.82, 2.24) is 9.13 Å². The molecule has 0 saturated carbocycles. The minimum absolute atomic E-state index is 0.0556. The third-order valence-corrected chi connectivity index (χ3v) is 5.28. The van der Waals surface area contributed by atoms with Crippen LogP contribution in [0.25, 0.3) is 0 Å². The van der Waals surface area contributed by atoms with Crippen molar-refractivity contribution in [1.29, 1.82) is 0 Å². The molecule has 8 nitrogen and oxygen atoms in total. The molecule has 0 fully saturated rings. The molecule has 1 atom stereocenters. The summed E-state index contributed by atoms with van der Waals surface area (Å²) in [6.07, 6.45) is 1.49. The van der Waals surface area contributed by atoms with Crippen LogP contribution in [0.15, 0.2) is 57.8 Å². The van der Waals surface area contributed by atoms with Crippen LogP contribution in [0.3, 0.4) is 0 Å². The Labute approximate surface area is 174 Å². The fourth-order valence-corrected chi connectivity index (χ4v) is 3.67. The number of nitrogens with zero attached hydrogens (tertiary/aromatic N) is 3. The van der Waals surface area contributed by atoms with Gasteiger partial charge in [0.25, 0.3) is 5.56 Å². The fraction of sp³-hybridized carbons (Fsp3) is 0.318. The zero-order valence-electron chi connectivity index (χ0n) is 17.9. The molecule has 3 rings (SSSR count). The van der Waals surface area contributed by atoms with Crippen molar-refractivity contribution >= 4 is 17.5 Å². The van der Waals surface area contributed by atoms with Gasteiger partial charge >= 0.3 is 11.7 Å². The van der Waals surface area contributed by atoms with Gasteiger partial charge in [-0.25, -0.2) is 9.59 Å². The van der Waals surface area contributed by atoms with Crippen LogP contribution >= 0.6 is 0 Å². The maximum absolute atomic E-state index is 13.1. The van der Waals surface area contributed by atoms with E-state index >= 15 is 0 Å². The summed E-state index contributed by atoms with van der Waals surface area (Å²) in [5.74, 6) is -0.842. The molecule has 1 N–H and O–H groups in total. The number of esters is 1. The van der Waals surface area contributed by atoms with Gasteiger partial charge in [-0.15, -0.1) is 0 Å². The molecule has 0 unspecified atom stereocenters. The molecule has 1 aromatic carbocycles. The van der Waals surface area contributed by atoms with Crippen molar-refractivity contribution in [3.05, 3.63) is 80.2 Å². The molecule has 0 bridgehead atoms. The molecule has 1 aliphatic heterocycles. The van der Waals surface area contributed by atoms with E-state index in [0.717, 1.165) is 15.8 Å². The number of nitrogens with one attached hydrogen (secondary N) is 1. The third-order valence-electron chi connectivity index (χ3n) is 5.28. The highest BCUT2D eigenvalue weighted by Crippen LogP contribution is 2.40. The lowest BCUT2D eigenvalue weighted by molar-refractivity contribution is -0.138. The molecule has 2 aromatic rings. The molecule has 2 heterocycles. The predicted molar refractivity (Wildman–Crippen MR) is 117 cm³/mol. The first kappa shape index (κ1) is 21.2. The molecule has 30 heavy (non-hydrogen) atoms.